The van der Waals surface area contributed by atoms with Gasteiger partial charge in [0.1, 0.15) is 0 Å². The summed E-state index contributed by atoms with van der Waals surface area (Å²) in [5.41, 5.74) is 0. The van der Waals surface area contributed by atoms with Crippen LogP contribution in [0, 0.1) is 5.92 Å². The molecule has 1 saturated heterocycles. The average Bonchev–Trinajstić information content (AvgIpc) is 2.78. The minimum absolute atomic E-state index is 0.343. The number of hydrogen-bond acceptors (Lipinski definition) is 4. The van der Waals surface area contributed by atoms with Crippen LogP contribution in [0.25, 0.3) is 0 Å². The first kappa shape index (κ1) is 15.2. The van der Waals surface area contributed by atoms with Crippen LogP contribution in [0.4, 0.5) is 0 Å². The molecule has 1 aliphatic heterocycles. The zero-order valence-electron chi connectivity index (χ0n) is 12.5. The van der Waals surface area contributed by atoms with Gasteiger partial charge in [0, 0.05) is 25.7 Å². The summed E-state index contributed by atoms with van der Waals surface area (Å²) >= 11 is 0. The number of β-amino-alcohol motifs (C(OH)–C–C–N with tert-alkyl or cyclic N) is 1. The number of aliphatic hydroxyl groups excluding tert-OH is 1. The average molecular weight is 270 g/mol. The Morgan fingerprint density at radius 1 is 1.26 bits per heavy atom. The maximum Gasteiger partial charge on any atom is 0.0900 e. The zero-order chi connectivity index (χ0) is 13.7. The van der Waals surface area contributed by atoms with E-state index < -0.39 is 0 Å². The van der Waals surface area contributed by atoms with Crippen molar-refractivity contribution < 1.29 is 9.84 Å². The van der Waals surface area contributed by atoms with E-state index in [1.807, 2.05) is 0 Å². The van der Waals surface area contributed by atoms with Gasteiger partial charge < -0.3 is 20.1 Å². The smallest absolute Gasteiger partial charge is 0.0900 e. The van der Waals surface area contributed by atoms with Crippen LogP contribution < -0.4 is 5.32 Å². The Balaban J connectivity index is 1.64. The Kier molecular flexibility index (Phi) is 6.07. The molecule has 2 N–H and O–H groups in total. The number of rotatable bonds is 6. The van der Waals surface area contributed by atoms with Crippen molar-refractivity contribution in [3.63, 3.8) is 0 Å². The second-order valence-corrected chi connectivity index (χ2v) is 6.37. The van der Waals surface area contributed by atoms with Crippen molar-refractivity contribution in [2.45, 2.75) is 57.2 Å². The number of likely N-dealkylation sites (tertiary alicyclic amines) is 1. The Morgan fingerprint density at radius 2 is 2.00 bits per heavy atom. The van der Waals surface area contributed by atoms with Crippen molar-refractivity contribution in [2.24, 2.45) is 5.92 Å². The number of nitrogens with zero attached hydrogens (tertiary/aromatic N) is 1. The molecule has 1 aliphatic carbocycles. The molecule has 0 amide bonds. The van der Waals surface area contributed by atoms with Crippen molar-refractivity contribution in [3.8, 4) is 0 Å². The molecular weight excluding hydrogens is 240 g/mol. The normalized spacial score (nSPS) is 31.7. The lowest BCUT2D eigenvalue weighted by Gasteiger charge is -2.35. The first-order valence-corrected chi connectivity index (χ1v) is 7.84. The molecule has 2 fully saturated rings. The third-order valence-corrected chi connectivity index (χ3v) is 4.73. The van der Waals surface area contributed by atoms with Gasteiger partial charge in [0.05, 0.1) is 12.7 Å². The number of hydrogen-bond donors (Lipinski definition) is 2. The molecule has 0 radical (unpaired) electrons. The first-order chi connectivity index (χ1) is 9.19. The van der Waals surface area contributed by atoms with Crippen LogP contribution in [0.2, 0.25) is 0 Å². The highest BCUT2D eigenvalue weighted by atomic mass is 16.5. The SMILES string of the molecule is COCC(O)CN1CCC(NC2CCCC2C)CC1. The zero-order valence-corrected chi connectivity index (χ0v) is 12.5. The molecule has 4 heteroatoms. The molecule has 0 aromatic rings. The largest absolute Gasteiger partial charge is 0.389 e. The molecule has 0 aromatic carbocycles. The maximum absolute atomic E-state index is 9.75. The van der Waals surface area contributed by atoms with Gasteiger partial charge in [-0.3, -0.25) is 0 Å². The fourth-order valence-electron chi connectivity index (χ4n) is 3.52. The van der Waals surface area contributed by atoms with Crippen molar-refractivity contribution in [1.29, 1.82) is 0 Å². The van der Waals surface area contributed by atoms with E-state index in [0.717, 1.165) is 31.6 Å². The van der Waals surface area contributed by atoms with Crippen LogP contribution in [0.5, 0.6) is 0 Å². The molecule has 3 unspecified atom stereocenters. The molecular formula is C15H30N2O2. The van der Waals surface area contributed by atoms with Crippen LogP contribution in [0.3, 0.4) is 0 Å². The van der Waals surface area contributed by atoms with E-state index in [1.54, 1.807) is 7.11 Å². The van der Waals surface area contributed by atoms with Gasteiger partial charge >= 0.3 is 0 Å². The second kappa shape index (κ2) is 7.58. The highest BCUT2D eigenvalue weighted by molar-refractivity contribution is 4.86. The number of aliphatic hydroxyl groups is 1. The van der Waals surface area contributed by atoms with Gasteiger partial charge in [0.2, 0.25) is 0 Å². The van der Waals surface area contributed by atoms with Gasteiger partial charge in [0.25, 0.3) is 0 Å². The molecule has 0 bridgehead atoms. The molecule has 4 nitrogen and oxygen atoms in total. The van der Waals surface area contributed by atoms with Gasteiger partial charge in [-0.15, -0.1) is 0 Å². The molecule has 0 aromatic heterocycles. The van der Waals surface area contributed by atoms with E-state index in [1.165, 1.54) is 32.1 Å². The van der Waals surface area contributed by atoms with Crippen LogP contribution in [0.1, 0.15) is 39.0 Å². The van der Waals surface area contributed by atoms with Crippen LogP contribution >= 0.6 is 0 Å². The predicted octanol–water partition coefficient (Wildman–Crippen LogP) is 1.24. The quantitative estimate of drug-likeness (QED) is 0.762. The van der Waals surface area contributed by atoms with Crippen LogP contribution in [-0.4, -0.2) is 61.5 Å². The molecule has 0 spiro atoms. The Bertz CT molecular complexity index is 255. The third-order valence-electron chi connectivity index (χ3n) is 4.73. The second-order valence-electron chi connectivity index (χ2n) is 6.37. The topological polar surface area (TPSA) is 44.7 Å². The van der Waals surface area contributed by atoms with Crippen molar-refractivity contribution in [1.82, 2.24) is 10.2 Å². The van der Waals surface area contributed by atoms with E-state index in [2.05, 4.69) is 17.1 Å². The van der Waals surface area contributed by atoms with E-state index in [9.17, 15) is 5.11 Å². The van der Waals surface area contributed by atoms with E-state index in [4.69, 9.17) is 4.74 Å². The molecule has 2 aliphatic rings. The maximum atomic E-state index is 9.75. The number of methoxy groups -OCH3 is 1. The summed E-state index contributed by atoms with van der Waals surface area (Å²) in [5.74, 6) is 0.849. The van der Waals surface area contributed by atoms with Crippen molar-refractivity contribution >= 4 is 0 Å². The molecule has 2 rings (SSSR count). The van der Waals surface area contributed by atoms with Gasteiger partial charge in [0.15, 0.2) is 0 Å². The van der Waals surface area contributed by atoms with Gasteiger partial charge in [-0.2, -0.15) is 0 Å². The fraction of sp³-hybridized carbons (Fsp3) is 1.00. The minimum atomic E-state index is -0.343. The Morgan fingerprint density at radius 3 is 2.58 bits per heavy atom. The number of nitrogens with one attached hydrogen (secondary N) is 1. The van der Waals surface area contributed by atoms with E-state index in [-0.39, 0.29) is 6.10 Å². The number of ether oxygens (including phenoxy) is 1. The van der Waals surface area contributed by atoms with Crippen molar-refractivity contribution in [3.05, 3.63) is 0 Å². The summed E-state index contributed by atoms with van der Waals surface area (Å²) in [5, 5.41) is 13.6. The Labute approximate surface area is 117 Å². The fourth-order valence-corrected chi connectivity index (χ4v) is 3.52. The predicted molar refractivity (Wildman–Crippen MR) is 77.3 cm³/mol. The summed E-state index contributed by atoms with van der Waals surface area (Å²) in [6.45, 7) is 5.76. The third kappa shape index (κ3) is 4.71. The molecule has 1 heterocycles. The highest BCUT2D eigenvalue weighted by Gasteiger charge is 2.27. The summed E-state index contributed by atoms with van der Waals surface area (Å²) in [6, 6.07) is 1.43. The minimum Gasteiger partial charge on any atom is -0.389 e. The molecule has 19 heavy (non-hydrogen) atoms. The summed E-state index contributed by atoms with van der Waals surface area (Å²) in [7, 11) is 1.64. The lowest BCUT2D eigenvalue weighted by molar-refractivity contribution is 0.0306. The van der Waals surface area contributed by atoms with Crippen molar-refractivity contribution in [2.75, 3.05) is 33.4 Å². The summed E-state index contributed by atoms with van der Waals surface area (Å²) in [6.07, 6.45) is 6.21. The first-order valence-electron chi connectivity index (χ1n) is 7.84. The van der Waals surface area contributed by atoms with E-state index in [0.29, 0.717) is 12.6 Å². The summed E-state index contributed by atoms with van der Waals surface area (Å²) < 4.78 is 4.98. The standard InChI is InChI=1S/C15H30N2O2/c1-12-4-3-5-15(12)16-13-6-8-17(9-7-13)10-14(18)11-19-2/h12-16,18H,3-11H2,1-2H3. The van der Waals surface area contributed by atoms with E-state index >= 15 is 0 Å². The van der Waals surface area contributed by atoms with Crippen LogP contribution in [0.15, 0.2) is 0 Å². The lowest BCUT2D eigenvalue weighted by atomic mass is 10.00. The highest BCUT2D eigenvalue weighted by Crippen LogP contribution is 2.26. The molecule has 112 valence electrons. The lowest BCUT2D eigenvalue weighted by Crippen LogP contribution is -2.48. The monoisotopic (exact) mass is 270 g/mol. The number of piperidine rings is 1. The molecule has 1 saturated carbocycles. The summed E-state index contributed by atoms with van der Waals surface area (Å²) in [4.78, 5) is 2.36. The Hall–Kier alpha value is -0.160. The molecule has 3 atom stereocenters. The van der Waals surface area contributed by atoms with Gasteiger partial charge in [-0.05, 0) is 44.7 Å². The van der Waals surface area contributed by atoms with Gasteiger partial charge in [-0.25, -0.2) is 0 Å². The van der Waals surface area contributed by atoms with Gasteiger partial charge in [-0.1, -0.05) is 13.3 Å². The van der Waals surface area contributed by atoms with Crippen LogP contribution in [-0.2, 0) is 4.74 Å².